The molecule has 0 bridgehead atoms. The predicted octanol–water partition coefficient (Wildman–Crippen LogP) is 5.27. The van der Waals surface area contributed by atoms with Crippen LogP contribution in [0.5, 0.6) is 0 Å². The highest BCUT2D eigenvalue weighted by Gasteiger charge is 2.24. The number of hydrogen-bond donors (Lipinski definition) is 0. The van der Waals surface area contributed by atoms with Crippen molar-refractivity contribution in [2.75, 3.05) is 0 Å². The van der Waals surface area contributed by atoms with Crippen LogP contribution < -0.4 is 9.00 Å². The van der Waals surface area contributed by atoms with Crippen molar-refractivity contribution in [3.63, 3.8) is 0 Å². The highest BCUT2D eigenvalue weighted by molar-refractivity contribution is 7.53. The van der Waals surface area contributed by atoms with Crippen molar-refractivity contribution >= 4 is 78.0 Å². The van der Waals surface area contributed by atoms with E-state index in [0.29, 0.717) is 0 Å². The van der Waals surface area contributed by atoms with Crippen LogP contribution in [0.3, 0.4) is 0 Å². The first-order valence-electron chi connectivity index (χ1n) is 6.63. The molecule has 0 aliphatic heterocycles. The first kappa shape index (κ1) is 14.0. The van der Waals surface area contributed by atoms with Crippen LogP contribution in [0.1, 0.15) is 0 Å². The zero-order valence-corrected chi connectivity index (χ0v) is 16.8. The molecule has 0 saturated carbocycles. The van der Waals surface area contributed by atoms with Crippen LogP contribution >= 0.6 is 34.0 Å². The Kier molecular flexibility index (Phi) is 3.15. The molecule has 19 heavy (non-hydrogen) atoms. The molecule has 0 aliphatic rings. The van der Waals surface area contributed by atoms with Gasteiger partial charge < -0.3 is 0 Å². The predicted molar refractivity (Wildman–Crippen MR) is 101 cm³/mol. The standard InChI is InChI=1S/C14H20S3Si2/c1-18(2,3)11-7-9-10-8-12(19(4,5)6)16-14(10)17-13(9)15-11/h7-8H,1-6H3. The van der Waals surface area contributed by atoms with Gasteiger partial charge in [-0.05, 0) is 21.1 Å². The van der Waals surface area contributed by atoms with E-state index in [0.717, 1.165) is 0 Å². The first-order chi connectivity index (χ1) is 8.66. The number of thiophene rings is 3. The van der Waals surface area contributed by atoms with Crippen molar-refractivity contribution in [1.82, 2.24) is 0 Å². The highest BCUT2D eigenvalue weighted by atomic mass is 32.2. The topological polar surface area (TPSA) is 0 Å². The van der Waals surface area contributed by atoms with Gasteiger partial charge >= 0.3 is 0 Å². The summed E-state index contributed by atoms with van der Waals surface area (Å²) in [5, 5.41) is 3.06. The third-order valence-corrected chi connectivity index (χ3v) is 14.2. The Morgan fingerprint density at radius 3 is 1.32 bits per heavy atom. The van der Waals surface area contributed by atoms with E-state index >= 15 is 0 Å². The van der Waals surface area contributed by atoms with Gasteiger partial charge in [0.25, 0.3) is 0 Å². The van der Waals surface area contributed by atoms with E-state index < -0.39 is 16.1 Å². The molecule has 3 rings (SSSR count). The lowest BCUT2D eigenvalue weighted by atomic mass is 10.3. The van der Waals surface area contributed by atoms with Crippen molar-refractivity contribution in [2.45, 2.75) is 39.3 Å². The minimum atomic E-state index is -1.16. The summed E-state index contributed by atoms with van der Waals surface area (Å²) in [6.07, 6.45) is 0. The summed E-state index contributed by atoms with van der Waals surface area (Å²) in [4.78, 5) is 0. The maximum Gasteiger partial charge on any atom is 0.0904 e. The van der Waals surface area contributed by atoms with Gasteiger partial charge in [-0.3, -0.25) is 0 Å². The van der Waals surface area contributed by atoms with Crippen LogP contribution in [0, 0.1) is 0 Å². The van der Waals surface area contributed by atoms with Gasteiger partial charge in [0.15, 0.2) is 0 Å². The summed E-state index contributed by atoms with van der Waals surface area (Å²) in [6, 6.07) is 4.98. The molecule has 0 radical (unpaired) electrons. The Labute approximate surface area is 129 Å². The van der Waals surface area contributed by atoms with E-state index in [1.54, 1.807) is 17.0 Å². The summed E-state index contributed by atoms with van der Waals surface area (Å²) < 4.78 is 6.38. The zero-order chi connectivity index (χ0) is 14.0. The molecule has 3 heterocycles. The molecule has 3 aromatic heterocycles. The molecule has 3 aromatic rings. The molecule has 0 spiro atoms. The Morgan fingerprint density at radius 1 is 0.632 bits per heavy atom. The van der Waals surface area contributed by atoms with Crippen molar-refractivity contribution < 1.29 is 0 Å². The molecule has 0 fully saturated rings. The molecular formula is C14H20S3Si2. The van der Waals surface area contributed by atoms with Crippen LogP contribution in [0.25, 0.3) is 18.8 Å². The van der Waals surface area contributed by atoms with Crippen LogP contribution in [0.4, 0.5) is 0 Å². The van der Waals surface area contributed by atoms with E-state index in [-0.39, 0.29) is 0 Å². The fourth-order valence-electron chi connectivity index (χ4n) is 2.10. The summed E-state index contributed by atoms with van der Waals surface area (Å²) in [6.45, 7) is 14.7. The first-order valence-corrected chi connectivity index (χ1v) is 16.1. The van der Waals surface area contributed by atoms with Gasteiger partial charge in [0.05, 0.1) is 24.2 Å². The lowest BCUT2D eigenvalue weighted by Gasteiger charge is -2.12. The smallest absolute Gasteiger partial charge is 0.0904 e. The Hall–Kier alpha value is 0.0538. The van der Waals surface area contributed by atoms with Crippen LogP contribution in [0.2, 0.25) is 39.3 Å². The molecule has 0 saturated heterocycles. The minimum Gasteiger partial charge on any atom is -0.134 e. The van der Waals surface area contributed by atoms with Crippen LogP contribution in [0.15, 0.2) is 12.1 Å². The van der Waals surface area contributed by atoms with Gasteiger partial charge in [0.1, 0.15) is 0 Å². The summed E-state index contributed by atoms with van der Waals surface area (Å²) in [5.74, 6) is 0. The second-order valence-electron chi connectivity index (χ2n) is 7.23. The quantitative estimate of drug-likeness (QED) is 0.558. The van der Waals surface area contributed by atoms with Crippen molar-refractivity contribution in [1.29, 1.82) is 0 Å². The summed E-state index contributed by atoms with van der Waals surface area (Å²) >= 11 is 6.11. The van der Waals surface area contributed by atoms with Gasteiger partial charge in [0, 0.05) is 10.8 Å². The van der Waals surface area contributed by atoms with E-state index in [4.69, 9.17) is 0 Å². The molecular weight excluding hydrogens is 321 g/mol. The molecule has 0 unspecified atom stereocenters. The van der Waals surface area contributed by atoms with Gasteiger partial charge in [-0.15, -0.1) is 34.0 Å². The molecule has 5 heteroatoms. The second-order valence-corrected chi connectivity index (χ2v) is 21.7. The summed E-state index contributed by atoms with van der Waals surface area (Å²) in [5.41, 5.74) is 0. The third kappa shape index (κ3) is 2.40. The van der Waals surface area contributed by atoms with Gasteiger partial charge in [-0.2, -0.15) is 0 Å². The van der Waals surface area contributed by atoms with Crippen molar-refractivity contribution in [3.8, 4) is 0 Å². The molecule has 0 N–H and O–H groups in total. The molecule has 0 aromatic carbocycles. The Balaban J connectivity index is 2.22. The van der Waals surface area contributed by atoms with Gasteiger partial charge in [-0.25, -0.2) is 0 Å². The Bertz CT molecular complexity index is 684. The number of rotatable bonds is 2. The largest absolute Gasteiger partial charge is 0.134 e. The third-order valence-electron chi connectivity index (χ3n) is 3.35. The average Bonchev–Trinajstić information content (AvgIpc) is 2.81. The van der Waals surface area contributed by atoms with Crippen molar-refractivity contribution in [3.05, 3.63) is 12.1 Å². The van der Waals surface area contributed by atoms with E-state index in [9.17, 15) is 0 Å². The fourth-order valence-corrected chi connectivity index (χ4v) is 10.3. The fraction of sp³-hybridized carbons (Fsp3) is 0.429. The summed E-state index contributed by atoms with van der Waals surface area (Å²) in [7, 11) is -2.32. The van der Waals surface area contributed by atoms with Crippen LogP contribution in [-0.2, 0) is 0 Å². The number of hydrogen-bond acceptors (Lipinski definition) is 3. The average molecular weight is 341 g/mol. The maximum atomic E-state index is 2.49. The number of fused-ring (bicyclic) bond motifs is 3. The normalized spacial score (nSPS) is 13.8. The molecule has 102 valence electrons. The van der Waals surface area contributed by atoms with Gasteiger partial charge in [0.2, 0.25) is 0 Å². The van der Waals surface area contributed by atoms with Crippen molar-refractivity contribution in [2.24, 2.45) is 0 Å². The lowest BCUT2D eigenvalue weighted by molar-refractivity contribution is 1.79. The van der Waals surface area contributed by atoms with E-state index in [1.165, 1.54) is 10.8 Å². The SMILES string of the molecule is C[Si](C)(C)c1cc2c(s1)sc1sc([Si](C)(C)C)cc12. The Morgan fingerprint density at radius 2 is 1.00 bits per heavy atom. The monoisotopic (exact) mass is 340 g/mol. The van der Waals surface area contributed by atoms with Gasteiger partial charge in [-0.1, -0.05) is 39.3 Å². The van der Waals surface area contributed by atoms with E-state index in [1.807, 2.05) is 34.0 Å². The molecule has 0 aliphatic carbocycles. The lowest BCUT2D eigenvalue weighted by Crippen LogP contribution is -2.34. The highest BCUT2D eigenvalue weighted by Crippen LogP contribution is 2.40. The van der Waals surface area contributed by atoms with E-state index in [2.05, 4.69) is 51.4 Å². The molecule has 0 nitrogen and oxygen atoms in total. The maximum absolute atomic E-state index is 2.49. The minimum absolute atomic E-state index is 1.16. The molecule has 0 atom stereocenters. The molecule has 0 amide bonds. The van der Waals surface area contributed by atoms with Crippen LogP contribution in [-0.4, -0.2) is 16.1 Å². The zero-order valence-electron chi connectivity index (χ0n) is 12.4. The second kappa shape index (κ2) is 4.27.